The molecule has 0 aliphatic rings. The maximum absolute atomic E-state index is 10.6. The van der Waals surface area contributed by atoms with Crippen molar-refractivity contribution in [2.75, 3.05) is 0 Å². The molecule has 0 atom stereocenters. The second-order valence-corrected chi connectivity index (χ2v) is 2.75. The van der Waals surface area contributed by atoms with Crippen LogP contribution in [0.4, 0.5) is 4.79 Å². The van der Waals surface area contributed by atoms with Crippen LogP contribution in [0.1, 0.15) is 0 Å². The summed E-state index contributed by atoms with van der Waals surface area (Å²) in [6.45, 7) is 0. The highest BCUT2D eigenvalue weighted by molar-refractivity contribution is 5.87. The van der Waals surface area contributed by atoms with Gasteiger partial charge in [-0.2, -0.15) is 0 Å². The number of fused-ring (bicyclic) bond motifs is 1. The minimum Gasteiger partial charge on any atom is -0.410 e. The van der Waals surface area contributed by atoms with Crippen LogP contribution in [-0.2, 0) is 0 Å². The van der Waals surface area contributed by atoms with Gasteiger partial charge in [0.05, 0.1) is 5.52 Å². The zero-order valence-corrected chi connectivity index (χ0v) is 7.31. The number of carbonyl (C=O) groups excluding carboxylic acids is 1. The quantitative estimate of drug-likeness (QED) is 0.740. The predicted octanol–water partition coefficient (Wildman–Crippen LogP) is 1.69. The molecule has 2 aromatic rings. The second-order valence-electron chi connectivity index (χ2n) is 2.75. The fourth-order valence-corrected chi connectivity index (χ4v) is 1.27. The Morgan fingerprint density at radius 1 is 1.29 bits per heavy atom. The van der Waals surface area contributed by atoms with E-state index in [1.165, 1.54) is 0 Å². The molecule has 4 nitrogen and oxygen atoms in total. The number of pyridine rings is 1. The summed E-state index contributed by atoms with van der Waals surface area (Å²) in [5.74, 6) is 0.433. The zero-order valence-electron chi connectivity index (χ0n) is 7.31. The lowest BCUT2D eigenvalue weighted by Gasteiger charge is -2.03. The van der Waals surface area contributed by atoms with Crippen molar-refractivity contribution >= 4 is 17.0 Å². The zero-order chi connectivity index (χ0) is 9.97. The first kappa shape index (κ1) is 8.50. The normalized spacial score (nSPS) is 10.0. The van der Waals surface area contributed by atoms with Crippen molar-refractivity contribution in [2.24, 2.45) is 5.73 Å². The molecule has 1 amide bonds. The number of hydrogen-bond acceptors (Lipinski definition) is 3. The van der Waals surface area contributed by atoms with E-state index in [-0.39, 0.29) is 0 Å². The monoisotopic (exact) mass is 188 g/mol. The summed E-state index contributed by atoms with van der Waals surface area (Å²) >= 11 is 0. The van der Waals surface area contributed by atoms with Gasteiger partial charge in [-0.1, -0.05) is 6.07 Å². The average Bonchev–Trinajstić information content (AvgIpc) is 2.18. The summed E-state index contributed by atoms with van der Waals surface area (Å²) < 4.78 is 4.83. The molecular formula is C10H8N2O2. The Kier molecular flexibility index (Phi) is 2.02. The van der Waals surface area contributed by atoms with E-state index >= 15 is 0 Å². The number of ether oxygens (including phenoxy) is 1. The van der Waals surface area contributed by atoms with Crippen molar-refractivity contribution in [3.05, 3.63) is 36.5 Å². The summed E-state index contributed by atoms with van der Waals surface area (Å²) in [5.41, 5.74) is 5.70. The Morgan fingerprint density at radius 3 is 2.93 bits per heavy atom. The highest BCUT2D eigenvalue weighted by atomic mass is 16.5. The molecular weight excluding hydrogens is 180 g/mol. The number of amides is 1. The SMILES string of the molecule is NC(=O)Oc1cccc2ncccc12. The van der Waals surface area contributed by atoms with E-state index in [9.17, 15) is 4.79 Å². The highest BCUT2D eigenvalue weighted by Gasteiger charge is 2.03. The Hall–Kier alpha value is -2.10. The molecule has 0 radical (unpaired) electrons. The van der Waals surface area contributed by atoms with Crippen LogP contribution in [0, 0.1) is 0 Å². The molecule has 0 aliphatic carbocycles. The Bertz CT molecular complexity index is 477. The van der Waals surface area contributed by atoms with Crippen LogP contribution in [0.3, 0.4) is 0 Å². The van der Waals surface area contributed by atoms with E-state index in [0.29, 0.717) is 5.75 Å². The molecule has 0 aliphatic heterocycles. The molecule has 0 saturated heterocycles. The smallest absolute Gasteiger partial charge is 0.409 e. The molecule has 70 valence electrons. The largest absolute Gasteiger partial charge is 0.410 e. The molecule has 4 heteroatoms. The predicted molar refractivity (Wildman–Crippen MR) is 52.0 cm³/mol. The third kappa shape index (κ3) is 1.50. The number of carbonyl (C=O) groups is 1. The molecule has 2 N–H and O–H groups in total. The van der Waals surface area contributed by atoms with Crippen LogP contribution < -0.4 is 10.5 Å². The minimum atomic E-state index is -0.818. The van der Waals surface area contributed by atoms with Crippen LogP contribution in [0.15, 0.2) is 36.5 Å². The Labute approximate surface area is 80.3 Å². The van der Waals surface area contributed by atoms with E-state index in [1.54, 1.807) is 24.4 Å². The van der Waals surface area contributed by atoms with Crippen LogP contribution >= 0.6 is 0 Å². The second kappa shape index (κ2) is 3.33. The van der Waals surface area contributed by atoms with Gasteiger partial charge in [-0.15, -0.1) is 0 Å². The van der Waals surface area contributed by atoms with E-state index < -0.39 is 6.09 Å². The molecule has 0 saturated carbocycles. The lowest BCUT2D eigenvalue weighted by atomic mass is 10.2. The van der Waals surface area contributed by atoms with Gasteiger partial charge in [0.2, 0.25) is 0 Å². The third-order valence-electron chi connectivity index (χ3n) is 1.82. The summed E-state index contributed by atoms with van der Waals surface area (Å²) in [5, 5.41) is 0.772. The van der Waals surface area contributed by atoms with Crippen molar-refractivity contribution in [2.45, 2.75) is 0 Å². The molecule has 1 aromatic carbocycles. The summed E-state index contributed by atoms with van der Waals surface area (Å²) in [7, 11) is 0. The lowest BCUT2D eigenvalue weighted by Crippen LogP contribution is -2.16. The number of rotatable bonds is 1. The lowest BCUT2D eigenvalue weighted by molar-refractivity contribution is 0.211. The standard InChI is InChI=1S/C10H8N2O2/c11-10(13)14-9-5-1-4-8-7(9)3-2-6-12-8/h1-6H,(H2,11,13). The van der Waals surface area contributed by atoms with Crippen LogP contribution in [0.25, 0.3) is 10.9 Å². The number of aromatic nitrogens is 1. The maximum Gasteiger partial charge on any atom is 0.409 e. The first-order valence-corrected chi connectivity index (χ1v) is 4.08. The van der Waals surface area contributed by atoms with Crippen molar-refractivity contribution in [1.29, 1.82) is 0 Å². The molecule has 0 bridgehead atoms. The number of primary amides is 1. The molecule has 0 fully saturated rings. The first-order chi connectivity index (χ1) is 6.77. The minimum absolute atomic E-state index is 0.433. The third-order valence-corrected chi connectivity index (χ3v) is 1.82. The Morgan fingerprint density at radius 2 is 2.14 bits per heavy atom. The molecule has 1 aromatic heterocycles. The fraction of sp³-hybridized carbons (Fsp3) is 0. The van der Waals surface area contributed by atoms with Gasteiger partial charge in [0, 0.05) is 11.6 Å². The van der Waals surface area contributed by atoms with Gasteiger partial charge >= 0.3 is 6.09 Å². The summed E-state index contributed by atoms with van der Waals surface area (Å²) in [6, 6.07) is 8.86. The molecule has 2 rings (SSSR count). The van der Waals surface area contributed by atoms with Crippen molar-refractivity contribution < 1.29 is 9.53 Å². The highest BCUT2D eigenvalue weighted by Crippen LogP contribution is 2.23. The van der Waals surface area contributed by atoms with Gasteiger partial charge in [0.25, 0.3) is 0 Å². The van der Waals surface area contributed by atoms with Crippen molar-refractivity contribution in [3.8, 4) is 5.75 Å². The van der Waals surface area contributed by atoms with Gasteiger partial charge in [0.1, 0.15) is 5.75 Å². The van der Waals surface area contributed by atoms with E-state index in [4.69, 9.17) is 10.5 Å². The fourth-order valence-electron chi connectivity index (χ4n) is 1.27. The number of nitrogens with two attached hydrogens (primary N) is 1. The van der Waals surface area contributed by atoms with E-state index in [1.807, 2.05) is 12.1 Å². The molecule has 0 unspecified atom stereocenters. The average molecular weight is 188 g/mol. The molecule has 0 spiro atoms. The number of nitrogens with zero attached hydrogens (tertiary/aromatic N) is 1. The maximum atomic E-state index is 10.6. The van der Waals surface area contributed by atoms with Gasteiger partial charge in [-0.3, -0.25) is 4.98 Å². The first-order valence-electron chi connectivity index (χ1n) is 4.08. The molecule has 14 heavy (non-hydrogen) atoms. The number of benzene rings is 1. The van der Waals surface area contributed by atoms with Crippen LogP contribution in [-0.4, -0.2) is 11.1 Å². The van der Waals surface area contributed by atoms with Gasteiger partial charge in [0.15, 0.2) is 0 Å². The topological polar surface area (TPSA) is 65.2 Å². The van der Waals surface area contributed by atoms with Crippen molar-refractivity contribution in [3.63, 3.8) is 0 Å². The van der Waals surface area contributed by atoms with Gasteiger partial charge < -0.3 is 10.5 Å². The van der Waals surface area contributed by atoms with Crippen LogP contribution in [0.2, 0.25) is 0 Å². The van der Waals surface area contributed by atoms with E-state index in [2.05, 4.69) is 4.98 Å². The van der Waals surface area contributed by atoms with Crippen LogP contribution in [0.5, 0.6) is 5.75 Å². The Balaban J connectivity index is 2.59. The van der Waals surface area contributed by atoms with E-state index in [0.717, 1.165) is 10.9 Å². The van der Waals surface area contributed by atoms with Gasteiger partial charge in [-0.25, -0.2) is 4.79 Å². The summed E-state index contributed by atoms with van der Waals surface area (Å²) in [6.07, 6.45) is 0.859. The number of hydrogen-bond donors (Lipinski definition) is 1. The van der Waals surface area contributed by atoms with Gasteiger partial charge in [-0.05, 0) is 24.3 Å². The summed E-state index contributed by atoms with van der Waals surface area (Å²) in [4.78, 5) is 14.7. The van der Waals surface area contributed by atoms with Crippen molar-refractivity contribution in [1.82, 2.24) is 4.98 Å². The molecule has 1 heterocycles.